The van der Waals surface area contributed by atoms with E-state index in [1.165, 1.54) is 54.1 Å². The van der Waals surface area contributed by atoms with Crippen LogP contribution in [0.4, 0.5) is 0 Å². The molecule has 0 aliphatic heterocycles. The molecule has 1 saturated carbocycles. The minimum atomic E-state index is 0.794. The first kappa shape index (κ1) is 14.4. The van der Waals surface area contributed by atoms with Gasteiger partial charge in [-0.05, 0) is 36.5 Å². The van der Waals surface area contributed by atoms with Crippen LogP contribution in [0.1, 0.15) is 49.1 Å². The molecular formula is C22H24N+. The smallest absolute Gasteiger partial charge is 0.194 e. The minimum Gasteiger partial charge on any atom is -0.194 e. The Hall–Kier alpha value is -2.15. The fraction of sp³-hybridized carbons (Fsp3) is 0.318. The van der Waals surface area contributed by atoms with E-state index in [-0.39, 0.29) is 0 Å². The molecule has 1 fully saturated rings. The summed E-state index contributed by atoms with van der Waals surface area (Å²) in [7, 11) is 0. The van der Waals surface area contributed by atoms with E-state index >= 15 is 0 Å². The number of para-hydroxylation sites is 1. The standard InChI is InChI=1S/C22H24N/c1-2-7-19(8-3-1)20-14-12-18(13-15-20)17-23-16-6-10-21-9-4-5-11-22(21)23/h4-6,9-16,19H,1-3,7-8,17H2/q+1. The van der Waals surface area contributed by atoms with E-state index in [2.05, 4.69) is 71.4 Å². The van der Waals surface area contributed by atoms with Crippen LogP contribution in [0.3, 0.4) is 0 Å². The number of hydrogen-bond acceptors (Lipinski definition) is 0. The summed E-state index contributed by atoms with van der Waals surface area (Å²) in [6, 6.07) is 22.3. The molecule has 0 saturated heterocycles. The van der Waals surface area contributed by atoms with Crippen molar-refractivity contribution in [3.63, 3.8) is 0 Å². The van der Waals surface area contributed by atoms with Gasteiger partial charge in [-0.15, -0.1) is 0 Å². The first-order chi connectivity index (χ1) is 11.4. The average Bonchev–Trinajstić information content (AvgIpc) is 2.63. The molecule has 0 unspecified atom stereocenters. The van der Waals surface area contributed by atoms with Crippen molar-refractivity contribution in [2.75, 3.05) is 0 Å². The summed E-state index contributed by atoms with van der Waals surface area (Å²) in [5.41, 5.74) is 4.22. The SMILES string of the molecule is c1ccc2c(c1)ccc[n+]2Cc1ccc(C2CCCCC2)cc1. The number of fused-ring (bicyclic) bond motifs is 1. The first-order valence-electron chi connectivity index (χ1n) is 8.86. The molecule has 1 heteroatoms. The molecule has 3 aromatic rings. The highest BCUT2D eigenvalue weighted by Crippen LogP contribution is 2.32. The number of rotatable bonds is 3. The molecule has 23 heavy (non-hydrogen) atoms. The molecule has 116 valence electrons. The quantitative estimate of drug-likeness (QED) is 0.584. The van der Waals surface area contributed by atoms with Crippen LogP contribution in [0.25, 0.3) is 10.9 Å². The average molecular weight is 302 g/mol. The Morgan fingerprint density at radius 3 is 2.35 bits per heavy atom. The fourth-order valence-corrected chi connectivity index (χ4v) is 3.89. The number of pyridine rings is 1. The normalized spacial score (nSPS) is 15.8. The van der Waals surface area contributed by atoms with E-state index in [0.717, 1.165) is 12.5 Å². The highest BCUT2D eigenvalue weighted by atomic mass is 14.9. The number of nitrogens with zero attached hydrogens (tertiary/aromatic N) is 1. The van der Waals surface area contributed by atoms with Gasteiger partial charge in [-0.25, -0.2) is 0 Å². The van der Waals surface area contributed by atoms with Crippen molar-refractivity contribution in [3.05, 3.63) is 78.0 Å². The first-order valence-corrected chi connectivity index (χ1v) is 8.86. The van der Waals surface area contributed by atoms with Gasteiger partial charge >= 0.3 is 0 Å². The Labute approximate surface area is 138 Å². The highest BCUT2D eigenvalue weighted by molar-refractivity contribution is 5.74. The Kier molecular flexibility index (Phi) is 4.10. The second-order valence-corrected chi connectivity index (χ2v) is 6.77. The maximum Gasteiger partial charge on any atom is 0.212 e. The third-order valence-electron chi connectivity index (χ3n) is 5.20. The van der Waals surface area contributed by atoms with Crippen LogP contribution < -0.4 is 4.57 Å². The molecule has 2 aromatic carbocycles. The van der Waals surface area contributed by atoms with Gasteiger partial charge in [0.05, 0.1) is 0 Å². The molecule has 1 heterocycles. The zero-order chi connectivity index (χ0) is 15.5. The van der Waals surface area contributed by atoms with Crippen LogP contribution in [-0.4, -0.2) is 0 Å². The van der Waals surface area contributed by atoms with Gasteiger partial charge < -0.3 is 0 Å². The van der Waals surface area contributed by atoms with Crippen LogP contribution >= 0.6 is 0 Å². The van der Waals surface area contributed by atoms with Crippen LogP contribution in [0.5, 0.6) is 0 Å². The van der Waals surface area contributed by atoms with Crippen LogP contribution in [-0.2, 0) is 6.54 Å². The van der Waals surface area contributed by atoms with E-state index in [1.807, 2.05) is 0 Å². The van der Waals surface area contributed by atoms with Crippen molar-refractivity contribution in [3.8, 4) is 0 Å². The lowest BCUT2D eigenvalue weighted by Gasteiger charge is -2.21. The maximum absolute atomic E-state index is 2.36. The molecule has 0 amide bonds. The van der Waals surface area contributed by atoms with Gasteiger partial charge in [0.25, 0.3) is 0 Å². The topological polar surface area (TPSA) is 3.88 Å². The maximum atomic E-state index is 2.36. The lowest BCUT2D eigenvalue weighted by Crippen LogP contribution is -2.34. The Bertz CT molecular complexity index is 777. The second-order valence-electron chi connectivity index (χ2n) is 6.77. The van der Waals surface area contributed by atoms with Crippen molar-refractivity contribution in [2.24, 2.45) is 0 Å². The number of hydrogen-bond donors (Lipinski definition) is 0. The lowest BCUT2D eigenvalue weighted by molar-refractivity contribution is -0.662. The molecule has 1 aromatic heterocycles. The predicted molar refractivity (Wildman–Crippen MR) is 95.5 cm³/mol. The third-order valence-corrected chi connectivity index (χ3v) is 5.20. The molecule has 4 rings (SSSR count). The lowest BCUT2D eigenvalue weighted by atomic mass is 9.84. The molecule has 1 nitrogen and oxygen atoms in total. The van der Waals surface area contributed by atoms with Crippen molar-refractivity contribution in [1.29, 1.82) is 0 Å². The summed E-state index contributed by atoms with van der Waals surface area (Å²) in [6.07, 6.45) is 9.15. The van der Waals surface area contributed by atoms with Gasteiger partial charge in [0.15, 0.2) is 12.7 Å². The summed E-state index contributed by atoms with van der Waals surface area (Å²) in [4.78, 5) is 0. The van der Waals surface area contributed by atoms with Crippen molar-refractivity contribution >= 4 is 10.9 Å². The van der Waals surface area contributed by atoms with Gasteiger partial charge in [-0.2, -0.15) is 4.57 Å². The summed E-state index contributed by atoms with van der Waals surface area (Å²) < 4.78 is 2.34. The summed E-state index contributed by atoms with van der Waals surface area (Å²) in [5, 5.41) is 1.30. The summed E-state index contributed by atoms with van der Waals surface area (Å²) in [6.45, 7) is 0.937. The largest absolute Gasteiger partial charge is 0.212 e. The van der Waals surface area contributed by atoms with Crippen LogP contribution in [0.2, 0.25) is 0 Å². The molecule has 0 radical (unpaired) electrons. The summed E-state index contributed by atoms with van der Waals surface area (Å²) in [5.74, 6) is 0.794. The molecule has 0 spiro atoms. The fourth-order valence-electron chi connectivity index (χ4n) is 3.89. The molecule has 0 bridgehead atoms. The van der Waals surface area contributed by atoms with E-state index < -0.39 is 0 Å². The zero-order valence-electron chi connectivity index (χ0n) is 13.6. The predicted octanol–water partition coefficient (Wildman–Crippen LogP) is 5.22. The van der Waals surface area contributed by atoms with Gasteiger partial charge in [0.2, 0.25) is 5.52 Å². The molecular weight excluding hydrogens is 278 g/mol. The van der Waals surface area contributed by atoms with Crippen LogP contribution in [0, 0.1) is 0 Å². The van der Waals surface area contributed by atoms with Gasteiger partial charge in [-0.1, -0.05) is 55.7 Å². The third kappa shape index (κ3) is 3.14. The van der Waals surface area contributed by atoms with Gasteiger partial charge in [0.1, 0.15) is 0 Å². The number of aromatic nitrogens is 1. The van der Waals surface area contributed by atoms with E-state index in [0.29, 0.717) is 0 Å². The Morgan fingerprint density at radius 2 is 1.52 bits per heavy atom. The summed E-state index contributed by atoms with van der Waals surface area (Å²) >= 11 is 0. The monoisotopic (exact) mass is 302 g/mol. The highest BCUT2D eigenvalue weighted by Gasteiger charge is 2.15. The Balaban J connectivity index is 1.56. The van der Waals surface area contributed by atoms with Crippen molar-refractivity contribution in [2.45, 2.75) is 44.6 Å². The minimum absolute atomic E-state index is 0.794. The number of benzene rings is 2. The molecule has 0 atom stereocenters. The Morgan fingerprint density at radius 1 is 0.783 bits per heavy atom. The van der Waals surface area contributed by atoms with E-state index in [4.69, 9.17) is 0 Å². The van der Waals surface area contributed by atoms with E-state index in [1.54, 1.807) is 0 Å². The van der Waals surface area contributed by atoms with Crippen molar-refractivity contribution in [1.82, 2.24) is 0 Å². The van der Waals surface area contributed by atoms with Crippen molar-refractivity contribution < 1.29 is 4.57 Å². The van der Waals surface area contributed by atoms with E-state index in [9.17, 15) is 0 Å². The van der Waals surface area contributed by atoms with Gasteiger partial charge in [0, 0.05) is 23.1 Å². The zero-order valence-corrected chi connectivity index (χ0v) is 13.6. The molecule has 1 aliphatic rings. The molecule has 0 N–H and O–H groups in total. The second kappa shape index (κ2) is 6.54. The molecule has 1 aliphatic carbocycles. The van der Waals surface area contributed by atoms with Crippen LogP contribution in [0.15, 0.2) is 66.9 Å². The van der Waals surface area contributed by atoms with Gasteiger partial charge in [-0.3, -0.25) is 0 Å².